The van der Waals surface area contributed by atoms with Gasteiger partial charge in [-0.25, -0.2) is 9.97 Å². The summed E-state index contributed by atoms with van der Waals surface area (Å²) in [5.41, 5.74) is 2.93. The highest BCUT2D eigenvalue weighted by Gasteiger charge is 2.17. The van der Waals surface area contributed by atoms with E-state index >= 15 is 0 Å². The summed E-state index contributed by atoms with van der Waals surface area (Å²) in [5, 5.41) is 3.27. The Hall–Kier alpha value is -2.34. The van der Waals surface area contributed by atoms with Crippen molar-refractivity contribution in [2.45, 2.75) is 24.3 Å². The van der Waals surface area contributed by atoms with Crippen LogP contribution in [0, 0.1) is 6.92 Å². The molecule has 6 heteroatoms. The van der Waals surface area contributed by atoms with E-state index < -0.39 is 0 Å². The number of aromatic nitrogens is 3. The Labute approximate surface area is 132 Å². The van der Waals surface area contributed by atoms with Gasteiger partial charge in [0.15, 0.2) is 5.16 Å². The minimum absolute atomic E-state index is 0.0955. The van der Waals surface area contributed by atoms with Gasteiger partial charge in [0.2, 0.25) is 5.91 Å². The van der Waals surface area contributed by atoms with Gasteiger partial charge in [0.05, 0.1) is 16.3 Å². The molecule has 0 aliphatic rings. The number of fused-ring (bicyclic) bond motifs is 1. The number of pyridine rings is 1. The highest BCUT2D eigenvalue weighted by Crippen LogP contribution is 2.24. The standard InChI is InChI=1S/C16H16N4OS/c1-10-7-8-14(17-9-10)20-15(21)11(2)22-16-18-12-5-3-4-6-13(12)19-16/h3-9,11H,1-2H3,(H,18,19)(H,17,20,21). The molecule has 0 saturated carbocycles. The molecule has 3 rings (SSSR count). The van der Waals surface area contributed by atoms with Crippen LogP contribution in [0.15, 0.2) is 47.8 Å². The third-order valence-corrected chi connectivity index (χ3v) is 4.17. The van der Waals surface area contributed by atoms with Crippen LogP contribution in [0.5, 0.6) is 0 Å². The zero-order chi connectivity index (χ0) is 15.5. The number of amides is 1. The van der Waals surface area contributed by atoms with Gasteiger partial charge in [0.1, 0.15) is 5.82 Å². The van der Waals surface area contributed by atoms with E-state index in [1.807, 2.05) is 44.2 Å². The lowest BCUT2D eigenvalue weighted by Crippen LogP contribution is -2.23. The smallest absolute Gasteiger partial charge is 0.238 e. The molecule has 0 aliphatic heterocycles. The second-order valence-corrected chi connectivity index (χ2v) is 6.36. The van der Waals surface area contributed by atoms with Gasteiger partial charge in [-0.3, -0.25) is 4.79 Å². The molecule has 0 spiro atoms. The Kier molecular flexibility index (Phi) is 4.11. The summed E-state index contributed by atoms with van der Waals surface area (Å²) in [5.74, 6) is 0.467. The van der Waals surface area contributed by atoms with Gasteiger partial charge in [0, 0.05) is 6.20 Å². The number of nitrogens with zero attached hydrogens (tertiary/aromatic N) is 2. The minimum Gasteiger partial charge on any atom is -0.333 e. The average molecular weight is 312 g/mol. The number of carbonyl (C=O) groups excluding carboxylic acids is 1. The Morgan fingerprint density at radius 2 is 2.09 bits per heavy atom. The number of aromatic amines is 1. The van der Waals surface area contributed by atoms with E-state index in [2.05, 4.69) is 20.3 Å². The van der Waals surface area contributed by atoms with Crippen molar-refractivity contribution in [2.75, 3.05) is 5.32 Å². The van der Waals surface area contributed by atoms with E-state index in [-0.39, 0.29) is 11.2 Å². The predicted octanol–water partition coefficient (Wildman–Crippen LogP) is 3.39. The molecule has 2 aromatic heterocycles. The van der Waals surface area contributed by atoms with Crippen LogP contribution >= 0.6 is 11.8 Å². The molecule has 0 saturated heterocycles. The van der Waals surface area contributed by atoms with Gasteiger partial charge in [-0.15, -0.1) is 0 Å². The Bertz CT molecular complexity index is 764. The predicted molar refractivity (Wildman–Crippen MR) is 89.0 cm³/mol. The fourth-order valence-electron chi connectivity index (χ4n) is 1.98. The Balaban J connectivity index is 1.66. The number of benzene rings is 1. The van der Waals surface area contributed by atoms with E-state index in [1.54, 1.807) is 12.3 Å². The van der Waals surface area contributed by atoms with E-state index in [0.29, 0.717) is 5.82 Å². The van der Waals surface area contributed by atoms with E-state index in [0.717, 1.165) is 21.8 Å². The molecular formula is C16H16N4OS. The van der Waals surface area contributed by atoms with Crippen LogP contribution in [-0.2, 0) is 4.79 Å². The van der Waals surface area contributed by atoms with Crippen LogP contribution in [0.4, 0.5) is 5.82 Å². The molecular weight excluding hydrogens is 296 g/mol. The maximum absolute atomic E-state index is 12.2. The van der Waals surface area contributed by atoms with E-state index in [1.165, 1.54) is 11.8 Å². The minimum atomic E-state index is -0.274. The molecule has 22 heavy (non-hydrogen) atoms. The van der Waals surface area contributed by atoms with Gasteiger partial charge in [-0.05, 0) is 37.6 Å². The highest BCUT2D eigenvalue weighted by molar-refractivity contribution is 8.00. The molecule has 1 amide bonds. The summed E-state index contributed by atoms with van der Waals surface area (Å²) in [7, 11) is 0. The number of anilines is 1. The topological polar surface area (TPSA) is 70.7 Å². The molecule has 112 valence electrons. The van der Waals surface area contributed by atoms with Crippen LogP contribution in [0.3, 0.4) is 0 Å². The number of thioether (sulfide) groups is 1. The summed E-state index contributed by atoms with van der Waals surface area (Å²) in [4.78, 5) is 24.1. The maximum atomic E-state index is 12.2. The summed E-state index contributed by atoms with van der Waals surface area (Å²) in [6, 6.07) is 11.5. The van der Waals surface area contributed by atoms with Crippen LogP contribution in [0.1, 0.15) is 12.5 Å². The van der Waals surface area contributed by atoms with Crippen molar-refractivity contribution in [1.29, 1.82) is 0 Å². The lowest BCUT2D eigenvalue weighted by Gasteiger charge is -2.09. The zero-order valence-electron chi connectivity index (χ0n) is 12.3. The molecule has 1 unspecified atom stereocenters. The third kappa shape index (κ3) is 3.28. The van der Waals surface area contributed by atoms with Crippen LogP contribution < -0.4 is 5.32 Å². The fourth-order valence-corrected chi connectivity index (χ4v) is 2.80. The van der Waals surface area contributed by atoms with Gasteiger partial charge in [-0.1, -0.05) is 30.0 Å². The first-order valence-corrected chi connectivity index (χ1v) is 7.85. The molecule has 2 N–H and O–H groups in total. The monoisotopic (exact) mass is 312 g/mol. The summed E-state index contributed by atoms with van der Waals surface area (Å²) in [6.07, 6.45) is 1.73. The van der Waals surface area contributed by atoms with Crippen LogP contribution in [0.2, 0.25) is 0 Å². The van der Waals surface area contributed by atoms with Gasteiger partial charge in [-0.2, -0.15) is 0 Å². The normalized spacial score (nSPS) is 12.3. The van der Waals surface area contributed by atoms with Crippen molar-refractivity contribution in [3.05, 3.63) is 48.2 Å². The molecule has 2 heterocycles. The quantitative estimate of drug-likeness (QED) is 0.725. The second-order valence-electron chi connectivity index (χ2n) is 5.03. The molecule has 5 nitrogen and oxygen atoms in total. The number of para-hydroxylation sites is 2. The number of carbonyl (C=O) groups is 1. The lowest BCUT2D eigenvalue weighted by molar-refractivity contribution is -0.115. The van der Waals surface area contributed by atoms with Crippen molar-refractivity contribution < 1.29 is 4.79 Å². The van der Waals surface area contributed by atoms with Gasteiger partial charge in [0.25, 0.3) is 0 Å². The molecule has 1 aromatic carbocycles. The summed E-state index contributed by atoms with van der Waals surface area (Å²) >= 11 is 1.39. The zero-order valence-corrected chi connectivity index (χ0v) is 13.1. The number of nitrogens with one attached hydrogen (secondary N) is 2. The number of hydrogen-bond acceptors (Lipinski definition) is 4. The number of rotatable bonds is 4. The van der Waals surface area contributed by atoms with E-state index in [9.17, 15) is 4.79 Å². The van der Waals surface area contributed by atoms with Gasteiger partial charge < -0.3 is 10.3 Å². The SMILES string of the molecule is Cc1ccc(NC(=O)C(C)Sc2nc3ccccc3[nH]2)nc1. The maximum Gasteiger partial charge on any atom is 0.238 e. The molecule has 0 radical (unpaired) electrons. The van der Waals surface area contributed by atoms with Crippen molar-refractivity contribution in [1.82, 2.24) is 15.0 Å². The number of imidazole rings is 1. The first kappa shape index (κ1) is 14.6. The molecule has 0 bridgehead atoms. The largest absolute Gasteiger partial charge is 0.333 e. The third-order valence-electron chi connectivity index (χ3n) is 3.19. The molecule has 0 aliphatic carbocycles. The summed E-state index contributed by atoms with van der Waals surface area (Å²) < 4.78 is 0. The van der Waals surface area contributed by atoms with Crippen LogP contribution in [-0.4, -0.2) is 26.1 Å². The second kappa shape index (κ2) is 6.19. The molecule has 3 aromatic rings. The molecule has 0 fully saturated rings. The van der Waals surface area contributed by atoms with E-state index in [4.69, 9.17) is 0 Å². The Morgan fingerprint density at radius 1 is 1.27 bits per heavy atom. The van der Waals surface area contributed by atoms with Crippen LogP contribution in [0.25, 0.3) is 11.0 Å². The fraction of sp³-hybridized carbons (Fsp3) is 0.188. The van der Waals surface area contributed by atoms with Crippen molar-refractivity contribution in [3.8, 4) is 0 Å². The van der Waals surface area contributed by atoms with Gasteiger partial charge >= 0.3 is 0 Å². The number of hydrogen-bond donors (Lipinski definition) is 2. The Morgan fingerprint density at radius 3 is 2.82 bits per heavy atom. The van der Waals surface area contributed by atoms with Crippen molar-refractivity contribution in [3.63, 3.8) is 0 Å². The highest BCUT2D eigenvalue weighted by atomic mass is 32.2. The number of aryl methyl sites for hydroxylation is 1. The van der Waals surface area contributed by atoms with Crippen molar-refractivity contribution in [2.24, 2.45) is 0 Å². The first-order chi connectivity index (χ1) is 10.6. The summed E-state index contributed by atoms with van der Waals surface area (Å²) in [6.45, 7) is 3.81. The average Bonchev–Trinajstić information content (AvgIpc) is 2.91. The first-order valence-electron chi connectivity index (χ1n) is 6.97. The number of H-pyrrole nitrogens is 1. The lowest BCUT2D eigenvalue weighted by atomic mass is 10.3. The molecule has 1 atom stereocenters. The van der Waals surface area contributed by atoms with Crippen molar-refractivity contribution >= 4 is 34.5 Å².